The molecule has 1 aliphatic carbocycles. The molecule has 1 saturated carbocycles. The van der Waals surface area contributed by atoms with E-state index in [0.29, 0.717) is 0 Å². The fourth-order valence-electron chi connectivity index (χ4n) is 4.78. The van der Waals surface area contributed by atoms with Crippen molar-refractivity contribution < 1.29 is 10.2 Å². The fourth-order valence-corrected chi connectivity index (χ4v) is 4.78. The van der Waals surface area contributed by atoms with E-state index in [9.17, 15) is 10.2 Å². The molecule has 1 fully saturated rings. The van der Waals surface area contributed by atoms with E-state index in [1.54, 1.807) is 0 Å². The van der Waals surface area contributed by atoms with Crippen molar-refractivity contribution in [2.75, 3.05) is 26.3 Å². The number of aliphatic hydroxyl groups excluding tert-OH is 2. The molecular formula is C32H43NO2. The molecule has 0 amide bonds. The number of rotatable bonds is 13. The minimum atomic E-state index is 0.0220. The Balaban J connectivity index is 1.96. The molecular weight excluding hydrogens is 430 g/mol. The molecule has 188 valence electrons. The molecule has 1 aliphatic heterocycles. The molecule has 3 heteroatoms. The predicted octanol–water partition coefficient (Wildman–Crippen LogP) is 6.78. The monoisotopic (exact) mass is 473 g/mol. The molecule has 3 rings (SSSR count). The maximum atomic E-state index is 9.48. The number of benzene rings is 1. The molecule has 1 heterocycles. The third-order valence-electron chi connectivity index (χ3n) is 6.76. The first-order valence-electron chi connectivity index (χ1n) is 13.3. The molecule has 0 radical (unpaired) electrons. The van der Waals surface area contributed by atoms with Crippen LogP contribution in [0.3, 0.4) is 0 Å². The minimum Gasteiger partial charge on any atom is -0.396 e. The lowest BCUT2D eigenvalue weighted by atomic mass is 9.86. The zero-order chi connectivity index (χ0) is 24.9. The van der Waals surface area contributed by atoms with Crippen LogP contribution in [0.15, 0.2) is 95.2 Å². The van der Waals surface area contributed by atoms with Gasteiger partial charge in [-0.05, 0) is 85.3 Å². The van der Waals surface area contributed by atoms with E-state index < -0.39 is 0 Å². The van der Waals surface area contributed by atoms with Crippen LogP contribution in [0.1, 0.15) is 64.4 Å². The fraction of sp³-hybridized carbons (Fsp3) is 0.438. The number of aliphatic hydroxyl groups is 2. The van der Waals surface area contributed by atoms with Crippen molar-refractivity contribution in [1.82, 2.24) is 4.90 Å². The Kier molecular flexibility index (Phi) is 11.5. The molecule has 0 aromatic heterocycles. The van der Waals surface area contributed by atoms with Gasteiger partial charge in [-0.2, -0.15) is 0 Å². The summed E-state index contributed by atoms with van der Waals surface area (Å²) in [5.41, 5.74) is 7.51. The number of allylic oxidation sites excluding steroid dienone is 9. The quantitative estimate of drug-likeness (QED) is 0.245. The van der Waals surface area contributed by atoms with Crippen LogP contribution in [0.2, 0.25) is 0 Å². The topological polar surface area (TPSA) is 43.7 Å². The van der Waals surface area contributed by atoms with Gasteiger partial charge in [0.2, 0.25) is 0 Å². The lowest BCUT2D eigenvalue weighted by Crippen LogP contribution is -2.30. The summed E-state index contributed by atoms with van der Waals surface area (Å²) in [6.07, 6.45) is 22.6. The average molecular weight is 474 g/mol. The van der Waals surface area contributed by atoms with Crippen LogP contribution in [-0.4, -0.2) is 47.5 Å². The van der Waals surface area contributed by atoms with Crippen molar-refractivity contribution in [1.29, 1.82) is 0 Å². The highest BCUT2D eigenvalue weighted by molar-refractivity contribution is 5.78. The maximum Gasteiger partial charge on any atom is 0.0615 e. The molecule has 0 unspecified atom stereocenters. The molecule has 3 nitrogen and oxygen atoms in total. The first-order valence-corrected chi connectivity index (χ1v) is 13.3. The summed E-state index contributed by atoms with van der Waals surface area (Å²) >= 11 is 0. The third kappa shape index (κ3) is 8.61. The summed E-state index contributed by atoms with van der Waals surface area (Å²) in [5.74, 6) is 0. The van der Waals surface area contributed by atoms with Crippen molar-refractivity contribution in [2.24, 2.45) is 0 Å². The van der Waals surface area contributed by atoms with Gasteiger partial charge in [0.1, 0.15) is 0 Å². The lowest BCUT2D eigenvalue weighted by Gasteiger charge is -2.24. The number of unbranched alkanes of at least 4 members (excludes halogenated alkanes) is 1. The highest BCUT2D eigenvalue weighted by Crippen LogP contribution is 2.34. The molecule has 1 aromatic carbocycles. The number of nitrogens with zero attached hydrogens (tertiary/aromatic N) is 1. The van der Waals surface area contributed by atoms with Crippen molar-refractivity contribution >= 4 is 5.57 Å². The Labute approximate surface area is 212 Å². The Hall–Kier alpha value is -2.46. The summed E-state index contributed by atoms with van der Waals surface area (Å²) in [4.78, 5) is 2.60. The maximum absolute atomic E-state index is 9.48. The van der Waals surface area contributed by atoms with Crippen LogP contribution in [0.25, 0.3) is 5.57 Å². The second-order valence-corrected chi connectivity index (χ2v) is 9.52. The summed E-state index contributed by atoms with van der Waals surface area (Å²) in [6.45, 7) is 6.83. The van der Waals surface area contributed by atoms with Crippen molar-refractivity contribution in [2.45, 2.75) is 64.8 Å². The van der Waals surface area contributed by atoms with Gasteiger partial charge in [0.25, 0.3) is 0 Å². The summed E-state index contributed by atoms with van der Waals surface area (Å²) in [6, 6.07) is 11.4. The van der Waals surface area contributed by atoms with Crippen LogP contribution in [-0.2, 0) is 0 Å². The molecule has 35 heavy (non-hydrogen) atoms. The van der Waals surface area contributed by atoms with Gasteiger partial charge in [-0.1, -0.05) is 79.8 Å². The average Bonchev–Trinajstić information content (AvgIpc) is 3.73. The van der Waals surface area contributed by atoms with Gasteiger partial charge >= 0.3 is 0 Å². The van der Waals surface area contributed by atoms with E-state index in [1.165, 1.54) is 47.2 Å². The van der Waals surface area contributed by atoms with E-state index >= 15 is 0 Å². The second-order valence-electron chi connectivity index (χ2n) is 9.52. The SMILES string of the molecule is CC/C=C(\C=C/CO)C(/C(C)=C/C=C/C1=CCN(C2CC2)CC1)=C(\CCCCO)c1ccccc1. The van der Waals surface area contributed by atoms with Crippen molar-refractivity contribution in [3.63, 3.8) is 0 Å². The minimum absolute atomic E-state index is 0.0220. The first kappa shape index (κ1) is 27.1. The van der Waals surface area contributed by atoms with Gasteiger partial charge in [0, 0.05) is 25.7 Å². The Bertz CT molecular complexity index is 974. The Morgan fingerprint density at radius 1 is 1.11 bits per heavy atom. The van der Waals surface area contributed by atoms with Crippen molar-refractivity contribution in [3.8, 4) is 0 Å². The van der Waals surface area contributed by atoms with E-state index in [4.69, 9.17) is 0 Å². The van der Waals surface area contributed by atoms with Crippen LogP contribution in [0.5, 0.6) is 0 Å². The van der Waals surface area contributed by atoms with Gasteiger partial charge in [-0.15, -0.1) is 0 Å². The normalized spacial score (nSPS) is 18.9. The van der Waals surface area contributed by atoms with E-state index in [-0.39, 0.29) is 13.2 Å². The lowest BCUT2D eigenvalue weighted by molar-refractivity contribution is 0.285. The summed E-state index contributed by atoms with van der Waals surface area (Å²) in [7, 11) is 0. The van der Waals surface area contributed by atoms with Crippen molar-refractivity contribution in [3.05, 3.63) is 101 Å². The zero-order valence-electron chi connectivity index (χ0n) is 21.6. The van der Waals surface area contributed by atoms with Gasteiger partial charge < -0.3 is 10.2 Å². The number of hydrogen-bond acceptors (Lipinski definition) is 3. The standard InChI is InChI=1S/C32H43NO2/c1-3-11-29(16-10-25-35)32(31(17-7-8-24-34)28-14-5-4-6-15-28)26(2)12-9-13-27-20-22-33(23-21-27)30-18-19-30/h4-6,9-16,20,30,34-35H,3,7-8,17-19,21-25H2,1-2H3/b13-9+,16-10-,26-12+,29-11+,32-31+. The summed E-state index contributed by atoms with van der Waals surface area (Å²) in [5, 5.41) is 18.9. The molecule has 0 bridgehead atoms. The molecule has 1 aromatic rings. The van der Waals surface area contributed by atoms with Crippen LogP contribution in [0, 0.1) is 0 Å². The van der Waals surface area contributed by atoms with Crippen LogP contribution < -0.4 is 0 Å². The molecule has 2 aliphatic rings. The Morgan fingerprint density at radius 3 is 2.54 bits per heavy atom. The second kappa shape index (κ2) is 14.8. The van der Waals surface area contributed by atoms with Crippen LogP contribution in [0.4, 0.5) is 0 Å². The molecule has 0 atom stereocenters. The molecule has 0 spiro atoms. The van der Waals surface area contributed by atoms with Gasteiger partial charge in [-0.3, -0.25) is 4.90 Å². The van der Waals surface area contributed by atoms with Crippen LogP contribution >= 0.6 is 0 Å². The predicted molar refractivity (Wildman–Crippen MR) is 149 cm³/mol. The molecule has 2 N–H and O–H groups in total. The summed E-state index contributed by atoms with van der Waals surface area (Å²) < 4.78 is 0. The van der Waals surface area contributed by atoms with Gasteiger partial charge in [-0.25, -0.2) is 0 Å². The smallest absolute Gasteiger partial charge is 0.0615 e. The Morgan fingerprint density at radius 2 is 1.91 bits per heavy atom. The van der Waals surface area contributed by atoms with Gasteiger partial charge in [0.05, 0.1) is 6.61 Å². The largest absolute Gasteiger partial charge is 0.396 e. The van der Waals surface area contributed by atoms with Gasteiger partial charge in [0.15, 0.2) is 0 Å². The zero-order valence-corrected chi connectivity index (χ0v) is 21.6. The van der Waals surface area contributed by atoms with E-state index in [2.05, 4.69) is 79.5 Å². The van der Waals surface area contributed by atoms with E-state index in [0.717, 1.165) is 50.3 Å². The highest BCUT2D eigenvalue weighted by atomic mass is 16.3. The molecule has 0 saturated heterocycles. The number of hydrogen-bond donors (Lipinski definition) is 2. The third-order valence-corrected chi connectivity index (χ3v) is 6.76. The highest BCUT2D eigenvalue weighted by Gasteiger charge is 2.29. The van der Waals surface area contributed by atoms with E-state index in [1.807, 2.05) is 12.2 Å². The first-order chi connectivity index (χ1) is 17.2.